The molecule has 0 saturated carbocycles. The summed E-state index contributed by atoms with van der Waals surface area (Å²) in [6.45, 7) is 0. The van der Waals surface area contributed by atoms with Gasteiger partial charge in [0.1, 0.15) is 0 Å². The van der Waals surface area contributed by atoms with E-state index in [2.05, 4.69) is 21.3 Å². The van der Waals surface area contributed by atoms with E-state index in [0.717, 1.165) is 6.07 Å². The maximum absolute atomic E-state index is 13.5. The van der Waals surface area contributed by atoms with Gasteiger partial charge in [-0.1, -0.05) is 16.2 Å². The second-order valence-corrected chi connectivity index (χ2v) is 3.19. The number of carbonyl (C=O) groups is 1. The van der Waals surface area contributed by atoms with Crippen LogP contribution in [0.15, 0.2) is 18.2 Å². The number of H-pyrrole nitrogens is 1. The molecule has 0 aliphatic heterocycles. The number of benzene rings is 1. The first kappa shape index (κ1) is 11.6. The number of ether oxygens (including phenoxy) is 1. The zero-order valence-corrected chi connectivity index (χ0v) is 8.85. The minimum Gasteiger partial charge on any atom is -0.476 e. The standard InChI is InChI=1S/C11H6FN3O3/c1-2-6-3-4-8(7(12)5-6)18-10-9(11(16)17)13-15-14-10/h1,3-5H,(H,16,17)(H,13,14,15). The Morgan fingerprint density at radius 3 is 2.94 bits per heavy atom. The van der Waals surface area contributed by atoms with Crippen molar-refractivity contribution in [3.8, 4) is 24.0 Å². The Balaban J connectivity index is 2.32. The zero-order valence-electron chi connectivity index (χ0n) is 8.85. The van der Waals surface area contributed by atoms with Crippen LogP contribution in [0.5, 0.6) is 11.6 Å². The van der Waals surface area contributed by atoms with Gasteiger partial charge in [0.2, 0.25) is 5.69 Å². The Hall–Kier alpha value is -2.88. The highest BCUT2D eigenvalue weighted by Crippen LogP contribution is 2.25. The molecule has 0 spiro atoms. The number of carboxylic acids is 1. The number of terminal acetylenes is 1. The number of carboxylic acid groups (broad SMARTS) is 1. The number of aromatic carboxylic acids is 1. The van der Waals surface area contributed by atoms with E-state index in [0.29, 0.717) is 5.56 Å². The Labute approximate surface area is 100 Å². The van der Waals surface area contributed by atoms with Crippen molar-refractivity contribution in [2.24, 2.45) is 0 Å². The summed E-state index contributed by atoms with van der Waals surface area (Å²) in [6.07, 6.45) is 5.11. The summed E-state index contributed by atoms with van der Waals surface area (Å²) >= 11 is 0. The summed E-state index contributed by atoms with van der Waals surface area (Å²) in [5.74, 6) is -0.281. The number of hydrogen-bond donors (Lipinski definition) is 2. The molecule has 7 heteroatoms. The predicted molar refractivity (Wildman–Crippen MR) is 57.8 cm³/mol. The Morgan fingerprint density at radius 1 is 1.56 bits per heavy atom. The normalized spacial score (nSPS) is 9.78. The van der Waals surface area contributed by atoms with Crippen molar-refractivity contribution < 1.29 is 19.0 Å². The van der Waals surface area contributed by atoms with Crippen LogP contribution in [0.3, 0.4) is 0 Å². The lowest BCUT2D eigenvalue weighted by Gasteiger charge is -2.04. The smallest absolute Gasteiger partial charge is 0.359 e. The second-order valence-electron chi connectivity index (χ2n) is 3.19. The average Bonchev–Trinajstić information content (AvgIpc) is 2.80. The summed E-state index contributed by atoms with van der Waals surface area (Å²) in [7, 11) is 0. The van der Waals surface area contributed by atoms with Gasteiger partial charge >= 0.3 is 5.97 Å². The minimum atomic E-state index is -1.31. The van der Waals surface area contributed by atoms with E-state index in [1.165, 1.54) is 12.1 Å². The van der Waals surface area contributed by atoms with Gasteiger partial charge < -0.3 is 9.84 Å². The molecule has 90 valence electrons. The lowest BCUT2D eigenvalue weighted by Crippen LogP contribution is -2.00. The zero-order chi connectivity index (χ0) is 13.1. The van der Waals surface area contributed by atoms with Crippen LogP contribution in [0.4, 0.5) is 4.39 Å². The van der Waals surface area contributed by atoms with Crippen LogP contribution >= 0.6 is 0 Å². The molecular weight excluding hydrogens is 241 g/mol. The van der Waals surface area contributed by atoms with E-state index in [1.54, 1.807) is 0 Å². The quantitative estimate of drug-likeness (QED) is 0.800. The van der Waals surface area contributed by atoms with Gasteiger partial charge in [-0.15, -0.1) is 6.42 Å². The molecule has 0 aliphatic rings. The van der Waals surface area contributed by atoms with E-state index in [-0.39, 0.29) is 17.3 Å². The maximum Gasteiger partial charge on any atom is 0.359 e. The number of rotatable bonds is 3. The molecule has 0 amide bonds. The number of aromatic amines is 1. The number of nitrogens with zero attached hydrogens (tertiary/aromatic N) is 2. The molecule has 0 unspecified atom stereocenters. The van der Waals surface area contributed by atoms with Crippen molar-refractivity contribution in [1.29, 1.82) is 0 Å². The van der Waals surface area contributed by atoms with E-state index in [1.807, 2.05) is 0 Å². The topological polar surface area (TPSA) is 88.1 Å². The van der Waals surface area contributed by atoms with Gasteiger partial charge in [-0.3, -0.25) is 0 Å². The monoisotopic (exact) mass is 247 g/mol. The molecule has 0 atom stereocenters. The van der Waals surface area contributed by atoms with Crippen molar-refractivity contribution >= 4 is 5.97 Å². The van der Waals surface area contributed by atoms with E-state index in [4.69, 9.17) is 16.3 Å². The summed E-state index contributed by atoms with van der Waals surface area (Å²) in [6, 6.07) is 3.83. The summed E-state index contributed by atoms with van der Waals surface area (Å²) in [5.41, 5.74) is -0.0195. The minimum absolute atomic E-state index is 0.189. The predicted octanol–water partition coefficient (Wildman–Crippen LogP) is 1.42. The molecular formula is C11H6FN3O3. The van der Waals surface area contributed by atoms with Crippen LogP contribution in [0.1, 0.15) is 16.1 Å². The van der Waals surface area contributed by atoms with Gasteiger partial charge in [0, 0.05) is 5.56 Å². The van der Waals surface area contributed by atoms with Crippen LogP contribution in [-0.4, -0.2) is 26.5 Å². The first-order valence-corrected chi connectivity index (χ1v) is 4.70. The largest absolute Gasteiger partial charge is 0.476 e. The van der Waals surface area contributed by atoms with Crippen molar-refractivity contribution in [3.63, 3.8) is 0 Å². The van der Waals surface area contributed by atoms with Crippen LogP contribution in [0, 0.1) is 18.2 Å². The molecule has 1 aromatic heterocycles. The van der Waals surface area contributed by atoms with Gasteiger partial charge in [-0.05, 0) is 18.2 Å². The SMILES string of the molecule is C#Cc1ccc(Oc2nn[nH]c2C(=O)O)c(F)c1. The molecule has 18 heavy (non-hydrogen) atoms. The third-order valence-electron chi connectivity index (χ3n) is 2.04. The van der Waals surface area contributed by atoms with Crippen molar-refractivity contribution in [2.45, 2.75) is 0 Å². The van der Waals surface area contributed by atoms with E-state index in [9.17, 15) is 9.18 Å². The second kappa shape index (κ2) is 4.55. The summed E-state index contributed by atoms with van der Waals surface area (Å²) in [4.78, 5) is 10.7. The molecule has 0 bridgehead atoms. The van der Waals surface area contributed by atoms with Crippen LogP contribution < -0.4 is 4.74 Å². The fourth-order valence-electron chi connectivity index (χ4n) is 1.21. The molecule has 0 fully saturated rings. The molecule has 6 nitrogen and oxygen atoms in total. The van der Waals surface area contributed by atoms with Gasteiger partial charge in [0.05, 0.1) is 0 Å². The molecule has 0 aliphatic carbocycles. The van der Waals surface area contributed by atoms with Crippen LogP contribution in [0.2, 0.25) is 0 Å². The Kier molecular flexibility index (Phi) is 2.93. The third kappa shape index (κ3) is 2.12. The fourth-order valence-corrected chi connectivity index (χ4v) is 1.21. The molecule has 1 aromatic carbocycles. The van der Waals surface area contributed by atoms with Crippen LogP contribution in [0.25, 0.3) is 0 Å². The molecule has 2 aromatic rings. The first-order valence-electron chi connectivity index (χ1n) is 4.70. The summed E-state index contributed by atoms with van der Waals surface area (Å²) in [5, 5.41) is 17.6. The Bertz CT molecular complexity index is 645. The third-order valence-corrected chi connectivity index (χ3v) is 2.04. The number of nitrogens with one attached hydrogen (secondary N) is 1. The van der Waals surface area contributed by atoms with E-state index < -0.39 is 11.8 Å². The average molecular weight is 247 g/mol. The highest BCUT2D eigenvalue weighted by molar-refractivity contribution is 5.87. The Morgan fingerprint density at radius 2 is 2.33 bits per heavy atom. The molecule has 0 saturated heterocycles. The molecule has 1 heterocycles. The van der Waals surface area contributed by atoms with Crippen LogP contribution in [-0.2, 0) is 0 Å². The van der Waals surface area contributed by atoms with E-state index >= 15 is 0 Å². The highest BCUT2D eigenvalue weighted by atomic mass is 19.1. The maximum atomic E-state index is 13.5. The first-order chi connectivity index (χ1) is 8.61. The number of hydrogen-bond acceptors (Lipinski definition) is 4. The lowest BCUT2D eigenvalue weighted by molar-refractivity contribution is 0.0687. The number of aromatic nitrogens is 3. The highest BCUT2D eigenvalue weighted by Gasteiger charge is 2.17. The molecule has 0 radical (unpaired) electrons. The van der Waals surface area contributed by atoms with Crippen molar-refractivity contribution in [2.75, 3.05) is 0 Å². The van der Waals surface area contributed by atoms with Gasteiger partial charge in [0.15, 0.2) is 11.6 Å². The summed E-state index contributed by atoms with van der Waals surface area (Å²) < 4.78 is 18.5. The van der Waals surface area contributed by atoms with Gasteiger partial charge in [-0.2, -0.15) is 0 Å². The lowest BCUT2D eigenvalue weighted by atomic mass is 10.2. The van der Waals surface area contributed by atoms with Crippen molar-refractivity contribution in [3.05, 3.63) is 35.3 Å². The molecule has 2 rings (SSSR count). The molecule has 2 N–H and O–H groups in total. The number of halogens is 1. The van der Waals surface area contributed by atoms with Gasteiger partial charge in [0.25, 0.3) is 5.88 Å². The fraction of sp³-hybridized carbons (Fsp3) is 0. The van der Waals surface area contributed by atoms with Gasteiger partial charge in [-0.25, -0.2) is 14.3 Å². The van der Waals surface area contributed by atoms with Crippen molar-refractivity contribution in [1.82, 2.24) is 15.4 Å².